The first kappa shape index (κ1) is 19.3. The third kappa shape index (κ3) is 4.55. The molecule has 136 valence electrons. The molecule has 0 aromatic heterocycles. The molecule has 1 amide bonds. The largest absolute Gasteiger partial charge is 0.374 e. The molecule has 0 aliphatic heterocycles. The molecule has 1 saturated carbocycles. The zero-order chi connectivity index (χ0) is 18.6. The van der Waals surface area contributed by atoms with Crippen LogP contribution >= 0.6 is 11.6 Å². The molecule has 1 unspecified atom stereocenters. The Morgan fingerprint density at radius 1 is 1.44 bits per heavy atom. The number of nitrogens with zero attached hydrogens (tertiary/aromatic N) is 2. The van der Waals surface area contributed by atoms with Gasteiger partial charge in [-0.3, -0.25) is 19.7 Å². The minimum atomic E-state index is -0.922. The number of nitro benzene ring substituents is 1. The highest BCUT2D eigenvalue weighted by atomic mass is 35.5. The Kier molecular flexibility index (Phi) is 6.50. The number of benzene rings is 1. The summed E-state index contributed by atoms with van der Waals surface area (Å²) in [5, 5.41) is 20.8. The van der Waals surface area contributed by atoms with E-state index in [0.717, 1.165) is 32.1 Å². The lowest BCUT2D eigenvalue weighted by Crippen LogP contribution is -2.47. The molecule has 1 aliphatic rings. The smallest absolute Gasteiger partial charge is 0.298 e. The van der Waals surface area contributed by atoms with Gasteiger partial charge in [-0.2, -0.15) is 0 Å². The van der Waals surface area contributed by atoms with Crippen molar-refractivity contribution in [1.82, 2.24) is 4.90 Å². The highest BCUT2D eigenvalue weighted by Crippen LogP contribution is 2.30. The number of hydrogen-bond acceptors (Lipinski definition) is 5. The summed E-state index contributed by atoms with van der Waals surface area (Å²) in [6, 6.07) is 2.61. The van der Waals surface area contributed by atoms with Crippen molar-refractivity contribution in [2.45, 2.75) is 57.7 Å². The Morgan fingerprint density at radius 3 is 2.60 bits per heavy atom. The normalized spacial score (nSPS) is 16.3. The second-order valence-electron chi connectivity index (χ2n) is 6.29. The number of aliphatic hydroxyl groups excluding tert-OH is 1. The summed E-state index contributed by atoms with van der Waals surface area (Å²) in [6.45, 7) is 1.55. The van der Waals surface area contributed by atoms with Gasteiger partial charge in [0.05, 0.1) is 16.9 Å². The van der Waals surface area contributed by atoms with E-state index < -0.39 is 16.8 Å². The predicted molar refractivity (Wildman–Crippen MR) is 92.6 cm³/mol. The summed E-state index contributed by atoms with van der Waals surface area (Å²) in [4.78, 5) is 35.5. The van der Waals surface area contributed by atoms with Crippen LogP contribution in [0.4, 0.5) is 5.69 Å². The van der Waals surface area contributed by atoms with Gasteiger partial charge < -0.3 is 10.0 Å². The van der Waals surface area contributed by atoms with Crippen LogP contribution in [0.1, 0.15) is 54.9 Å². The standard InChI is InChI=1S/C17H21ClN2O5/c1-11(22)19(14-5-3-2-4-6-14)16(23)9-12-7-13(10-21)17(20(24)25)15(18)8-12/h7-8,10-11,14,22H,2-6,9H2,1H3. The predicted octanol–water partition coefficient (Wildman–Crippen LogP) is 3.10. The maximum Gasteiger partial charge on any atom is 0.298 e. The van der Waals surface area contributed by atoms with Crippen molar-refractivity contribution in [3.8, 4) is 0 Å². The van der Waals surface area contributed by atoms with E-state index in [0.29, 0.717) is 11.8 Å². The Hall–Kier alpha value is -1.99. The van der Waals surface area contributed by atoms with E-state index in [4.69, 9.17) is 11.6 Å². The van der Waals surface area contributed by atoms with Gasteiger partial charge in [0.1, 0.15) is 11.3 Å². The number of halogens is 1. The van der Waals surface area contributed by atoms with Crippen molar-refractivity contribution >= 4 is 29.5 Å². The number of carbonyl (C=O) groups excluding carboxylic acids is 2. The van der Waals surface area contributed by atoms with E-state index in [9.17, 15) is 24.8 Å². The average molecular weight is 369 g/mol. The third-order valence-corrected chi connectivity index (χ3v) is 4.76. The molecule has 1 aromatic carbocycles. The van der Waals surface area contributed by atoms with Crippen molar-refractivity contribution in [1.29, 1.82) is 0 Å². The van der Waals surface area contributed by atoms with Crippen LogP contribution < -0.4 is 0 Å². The lowest BCUT2D eigenvalue weighted by Gasteiger charge is -2.36. The Balaban J connectivity index is 2.24. The first-order chi connectivity index (χ1) is 11.8. The second-order valence-corrected chi connectivity index (χ2v) is 6.70. The van der Waals surface area contributed by atoms with Crippen molar-refractivity contribution < 1.29 is 19.6 Å². The molecule has 7 nitrogen and oxygen atoms in total. The van der Waals surface area contributed by atoms with Crippen LogP contribution in [0.2, 0.25) is 5.02 Å². The number of carbonyl (C=O) groups is 2. The summed E-state index contributed by atoms with van der Waals surface area (Å²) in [5.41, 5.74) is -0.224. The maximum absolute atomic E-state index is 12.7. The Bertz CT molecular complexity index is 671. The number of amides is 1. The minimum Gasteiger partial charge on any atom is -0.374 e. The maximum atomic E-state index is 12.7. The van der Waals surface area contributed by atoms with Gasteiger partial charge in [-0.1, -0.05) is 30.9 Å². The highest BCUT2D eigenvalue weighted by Gasteiger charge is 2.29. The molecule has 0 radical (unpaired) electrons. The van der Waals surface area contributed by atoms with Gasteiger partial charge in [-0.25, -0.2) is 0 Å². The summed E-state index contributed by atoms with van der Waals surface area (Å²) >= 11 is 5.91. The quantitative estimate of drug-likeness (QED) is 0.360. The molecule has 0 spiro atoms. The van der Waals surface area contributed by atoms with Crippen molar-refractivity contribution in [2.75, 3.05) is 0 Å². The lowest BCUT2D eigenvalue weighted by atomic mass is 9.93. The van der Waals surface area contributed by atoms with E-state index in [2.05, 4.69) is 0 Å². The van der Waals surface area contributed by atoms with E-state index in [1.165, 1.54) is 17.0 Å². The zero-order valence-electron chi connectivity index (χ0n) is 14.0. The first-order valence-corrected chi connectivity index (χ1v) is 8.64. The number of aliphatic hydroxyl groups is 1. The molecule has 8 heteroatoms. The lowest BCUT2D eigenvalue weighted by molar-refractivity contribution is -0.384. The van der Waals surface area contributed by atoms with Gasteiger partial charge in [0.2, 0.25) is 5.91 Å². The fraction of sp³-hybridized carbons (Fsp3) is 0.529. The first-order valence-electron chi connectivity index (χ1n) is 8.26. The van der Waals surface area contributed by atoms with E-state index >= 15 is 0 Å². The SMILES string of the molecule is CC(O)N(C(=O)Cc1cc(Cl)c([N+](=O)[O-])c(C=O)c1)C1CCCCC1. The topological polar surface area (TPSA) is 101 Å². The monoisotopic (exact) mass is 368 g/mol. The molecular formula is C17H21ClN2O5. The van der Waals surface area contributed by atoms with Gasteiger partial charge in [0, 0.05) is 6.04 Å². The van der Waals surface area contributed by atoms with Gasteiger partial charge >= 0.3 is 0 Å². The van der Waals surface area contributed by atoms with E-state index in [1.807, 2.05) is 0 Å². The minimum absolute atomic E-state index is 0.0136. The molecule has 1 aliphatic carbocycles. The van der Waals surface area contributed by atoms with Crippen molar-refractivity contribution in [3.05, 3.63) is 38.4 Å². The molecule has 1 fully saturated rings. The Labute approximate surface area is 150 Å². The average Bonchev–Trinajstić information content (AvgIpc) is 2.54. The van der Waals surface area contributed by atoms with Gasteiger partial charge in [-0.15, -0.1) is 0 Å². The summed E-state index contributed by atoms with van der Waals surface area (Å²) < 4.78 is 0. The fourth-order valence-electron chi connectivity index (χ4n) is 3.41. The van der Waals surface area contributed by atoms with Crippen LogP contribution in [0.5, 0.6) is 0 Å². The van der Waals surface area contributed by atoms with Crippen LogP contribution in [0, 0.1) is 10.1 Å². The number of rotatable bonds is 6. The van der Waals surface area contributed by atoms with Crippen LogP contribution in [-0.2, 0) is 11.2 Å². The molecule has 2 rings (SSSR count). The van der Waals surface area contributed by atoms with Gasteiger partial charge in [-0.05, 0) is 37.5 Å². The molecule has 1 atom stereocenters. The van der Waals surface area contributed by atoms with Gasteiger partial charge in [0.25, 0.3) is 5.69 Å². The zero-order valence-corrected chi connectivity index (χ0v) is 14.7. The fourth-order valence-corrected chi connectivity index (χ4v) is 3.72. The molecule has 0 heterocycles. The molecule has 1 aromatic rings. The van der Waals surface area contributed by atoms with Crippen LogP contribution in [0.15, 0.2) is 12.1 Å². The molecule has 0 saturated heterocycles. The summed E-state index contributed by atoms with van der Waals surface area (Å²) in [7, 11) is 0. The summed E-state index contributed by atoms with van der Waals surface area (Å²) in [6.07, 6.45) is 4.19. The van der Waals surface area contributed by atoms with Gasteiger partial charge in [0.15, 0.2) is 6.29 Å². The van der Waals surface area contributed by atoms with E-state index in [-0.39, 0.29) is 29.0 Å². The molecule has 25 heavy (non-hydrogen) atoms. The highest BCUT2D eigenvalue weighted by molar-refractivity contribution is 6.33. The van der Waals surface area contributed by atoms with Crippen molar-refractivity contribution in [3.63, 3.8) is 0 Å². The number of hydrogen-bond donors (Lipinski definition) is 1. The second kappa shape index (κ2) is 8.40. The number of nitro groups is 1. The number of aldehydes is 1. The summed E-state index contributed by atoms with van der Waals surface area (Å²) in [5.74, 6) is -0.288. The van der Waals surface area contributed by atoms with Crippen LogP contribution in [0.3, 0.4) is 0 Å². The molecule has 1 N–H and O–H groups in total. The van der Waals surface area contributed by atoms with Crippen molar-refractivity contribution in [2.24, 2.45) is 0 Å². The van der Waals surface area contributed by atoms with Crippen LogP contribution in [0.25, 0.3) is 0 Å². The third-order valence-electron chi connectivity index (χ3n) is 4.48. The van der Waals surface area contributed by atoms with E-state index in [1.54, 1.807) is 6.92 Å². The van der Waals surface area contributed by atoms with Crippen LogP contribution in [-0.4, -0.2) is 39.4 Å². The molecular weight excluding hydrogens is 348 g/mol. The Morgan fingerprint density at radius 2 is 2.08 bits per heavy atom. The molecule has 0 bridgehead atoms.